The summed E-state index contributed by atoms with van der Waals surface area (Å²) >= 11 is 3.44. The van der Waals surface area contributed by atoms with E-state index in [1.54, 1.807) is 7.11 Å². The van der Waals surface area contributed by atoms with E-state index in [0.29, 0.717) is 12.8 Å². The van der Waals surface area contributed by atoms with Crippen LogP contribution in [-0.4, -0.2) is 18.2 Å². The lowest BCUT2D eigenvalue weighted by atomic mass is 9.95. The Balaban J connectivity index is 2.87. The van der Waals surface area contributed by atoms with Crippen LogP contribution >= 0.6 is 15.9 Å². The molecule has 3 nitrogen and oxygen atoms in total. The summed E-state index contributed by atoms with van der Waals surface area (Å²) in [6.45, 7) is 2.00. The lowest BCUT2D eigenvalue weighted by Crippen LogP contribution is -2.16. The normalized spacial score (nSPS) is 12.2. The molecule has 0 radical (unpaired) electrons. The summed E-state index contributed by atoms with van der Waals surface area (Å²) in [5.74, 6) is -0.311. The minimum atomic E-state index is -0.735. The first-order valence-corrected chi connectivity index (χ1v) is 6.43. The maximum Gasteiger partial charge on any atom is 0.306 e. The zero-order valence-corrected chi connectivity index (χ0v) is 11.7. The molecule has 94 valence electrons. The Labute approximate surface area is 110 Å². The number of carbonyl (C=O) groups is 1. The summed E-state index contributed by atoms with van der Waals surface area (Å²) in [6.07, 6.45) is 2.10. The van der Waals surface area contributed by atoms with Crippen molar-refractivity contribution in [2.24, 2.45) is 5.92 Å². The summed E-state index contributed by atoms with van der Waals surface area (Å²) in [7, 11) is 1.60. The van der Waals surface area contributed by atoms with Crippen LogP contribution in [0.2, 0.25) is 0 Å². The van der Waals surface area contributed by atoms with E-state index < -0.39 is 5.97 Å². The molecule has 0 aliphatic rings. The quantitative estimate of drug-likeness (QED) is 0.874. The number of methoxy groups -OCH3 is 1. The largest absolute Gasteiger partial charge is 0.497 e. The molecule has 0 spiro atoms. The Hall–Kier alpha value is -1.03. The number of benzene rings is 1. The van der Waals surface area contributed by atoms with E-state index in [9.17, 15) is 4.79 Å². The van der Waals surface area contributed by atoms with Crippen LogP contribution in [0.15, 0.2) is 22.7 Å². The molecule has 0 saturated heterocycles. The molecule has 0 fully saturated rings. The first kappa shape index (κ1) is 14.0. The van der Waals surface area contributed by atoms with E-state index >= 15 is 0 Å². The highest BCUT2D eigenvalue weighted by molar-refractivity contribution is 9.10. The van der Waals surface area contributed by atoms with Gasteiger partial charge in [0.1, 0.15) is 5.75 Å². The zero-order valence-electron chi connectivity index (χ0n) is 10.1. The van der Waals surface area contributed by atoms with Crippen LogP contribution in [-0.2, 0) is 11.2 Å². The molecule has 0 amide bonds. The highest BCUT2D eigenvalue weighted by atomic mass is 79.9. The Kier molecular flexibility index (Phi) is 5.48. The fraction of sp³-hybridized carbons (Fsp3) is 0.462. The summed E-state index contributed by atoms with van der Waals surface area (Å²) < 4.78 is 6.07. The van der Waals surface area contributed by atoms with Gasteiger partial charge in [-0.1, -0.05) is 29.3 Å². The lowest BCUT2D eigenvalue weighted by molar-refractivity contribution is -0.141. The molecule has 0 bridgehead atoms. The molecule has 0 aliphatic carbocycles. The van der Waals surface area contributed by atoms with Gasteiger partial charge in [0.25, 0.3) is 0 Å². The van der Waals surface area contributed by atoms with Crippen LogP contribution in [0.5, 0.6) is 5.75 Å². The third-order valence-corrected chi connectivity index (χ3v) is 3.48. The van der Waals surface area contributed by atoms with Crippen molar-refractivity contribution in [1.29, 1.82) is 0 Å². The molecule has 1 aromatic rings. The van der Waals surface area contributed by atoms with Gasteiger partial charge in [0, 0.05) is 4.47 Å². The molecule has 1 aromatic carbocycles. The Morgan fingerprint density at radius 1 is 1.53 bits per heavy atom. The number of carboxylic acids is 1. The molecular formula is C13H17BrO3. The second-order valence-corrected chi connectivity index (χ2v) is 4.84. The monoisotopic (exact) mass is 300 g/mol. The van der Waals surface area contributed by atoms with Crippen molar-refractivity contribution < 1.29 is 14.6 Å². The maximum atomic E-state index is 11.1. The van der Waals surface area contributed by atoms with Gasteiger partial charge in [-0.15, -0.1) is 0 Å². The molecule has 1 N–H and O–H groups in total. The number of halogens is 1. The zero-order chi connectivity index (χ0) is 12.8. The Bertz CT molecular complexity index is 390. The highest BCUT2D eigenvalue weighted by Gasteiger charge is 2.18. The standard InChI is InChI=1S/C13H17BrO3/c1-3-4-9(13(15)16)7-10-8-11(17-2)5-6-12(10)14/h5-6,8-9H,3-4,7H2,1-2H3,(H,15,16). The first-order chi connectivity index (χ1) is 8.08. The summed E-state index contributed by atoms with van der Waals surface area (Å²) in [6, 6.07) is 5.62. The average Bonchev–Trinajstić information content (AvgIpc) is 2.31. The first-order valence-electron chi connectivity index (χ1n) is 5.63. The van der Waals surface area contributed by atoms with E-state index in [1.165, 1.54) is 0 Å². The van der Waals surface area contributed by atoms with Gasteiger partial charge in [0.15, 0.2) is 0 Å². The molecule has 0 heterocycles. The van der Waals surface area contributed by atoms with Gasteiger partial charge in [0.2, 0.25) is 0 Å². The summed E-state index contributed by atoms with van der Waals surface area (Å²) in [5, 5.41) is 9.14. The fourth-order valence-corrected chi connectivity index (χ4v) is 2.17. The second kappa shape index (κ2) is 6.64. The highest BCUT2D eigenvalue weighted by Crippen LogP contribution is 2.26. The molecule has 0 aromatic heterocycles. The SMILES string of the molecule is CCCC(Cc1cc(OC)ccc1Br)C(=O)O. The minimum Gasteiger partial charge on any atom is -0.497 e. The Morgan fingerprint density at radius 2 is 2.24 bits per heavy atom. The number of aliphatic carboxylic acids is 1. The predicted octanol–water partition coefficient (Wildman–Crippen LogP) is 3.50. The topological polar surface area (TPSA) is 46.5 Å². The van der Waals surface area contributed by atoms with Gasteiger partial charge in [-0.2, -0.15) is 0 Å². The molecule has 17 heavy (non-hydrogen) atoms. The van der Waals surface area contributed by atoms with Crippen LogP contribution < -0.4 is 4.74 Å². The minimum absolute atomic E-state index is 0.330. The average molecular weight is 301 g/mol. The van der Waals surface area contributed by atoms with Gasteiger partial charge in [-0.25, -0.2) is 0 Å². The molecule has 1 rings (SSSR count). The van der Waals surface area contributed by atoms with Crippen molar-refractivity contribution in [1.82, 2.24) is 0 Å². The van der Waals surface area contributed by atoms with Crippen molar-refractivity contribution in [3.8, 4) is 5.75 Å². The lowest BCUT2D eigenvalue weighted by Gasteiger charge is -2.13. The number of rotatable bonds is 6. The van der Waals surface area contributed by atoms with E-state index in [1.807, 2.05) is 25.1 Å². The molecule has 1 unspecified atom stereocenters. The summed E-state index contributed by atoms with van der Waals surface area (Å²) in [5.41, 5.74) is 0.977. The van der Waals surface area contributed by atoms with Crippen LogP contribution in [0.3, 0.4) is 0 Å². The van der Waals surface area contributed by atoms with Crippen molar-refractivity contribution in [2.45, 2.75) is 26.2 Å². The summed E-state index contributed by atoms with van der Waals surface area (Å²) in [4.78, 5) is 11.1. The number of hydrogen-bond acceptors (Lipinski definition) is 2. The van der Waals surface area contributed by atoms with Gasteiger partial charge in [-0.3, -0.25) is 4.79 Å². The number of carboxylic acid groups (broad SMARTS) is 1. The molecule has 1 atom stereocenters. The van der Waals surface area contributed by atoms with Crippen molar-refractivity contribution >= 4 is 21.9 Å². The molecular weight excluding hydrogens is 284 g/mol. The third-order valence-electron chi connectivity index (χ3n) is 2.71. The Morgan fingerprint density at radius 3 is 2.76 bits per heavy atom. The van der Waals surface area contributed by atoms with Crippen molar-refractivity contribution in [3.63, 3.8) is 0 Å². The smallest absolute Gasteiger partial charge is 0.306 e. The second-order valence-electron chi connectivity index (χ2n) is 3.99. The predicted molar refractivity (Wildman–Crippen MR) is 70.4 cm³/mol. The van der Waals surface area contributed by atoms with Crippen molar-refractivity contribution in [2.75, 3.05) is 7.11 Å². The van der Waals surface area contributed by atoms with E-state index in [-0.39, 0.29) is 5.92 Å². The fourth-order valence-electron chi connectivity index (χ4n) is 1.76. The number of ether oxygens (including phenoxy) is 1. The van der Waals surface area contributed by atoms with E-state index in [0.717, 1.165) is 22.2 Å². The van der Waals surface area contributed by atoms with Crippen LogP contribution in [0.25, 0.3) is 0 Å². The van der Waals surface area contributed by atoms with Gasteiger partial charge in [0.05, 0.1) is 13.0 Å². The molecule has 0 saturated carbocycles. The van der Waals surface area contributed by atoms with Crippen LogP contribution in [0, 0.1) is 5.92 Å². The van der Waals surface area contributed by atoms with Gasteiger partial charge >= 0.3 is 5.97 Å². The van der Waals surface area contributed by atoms with E-state index in [2.05, 4.69) is 15.9 Å². The third kappa shape index (κ3) is 4.04. The number of hydrogen-bond donors (Lipinski definition) is 1. The molecule has 4 heteroatoms. The van der Waals surface area contributed by atoms with Crippen LogP contribution in [0.1, 0.15) is 25.3 Å². The van der Waals surface area contributed by atoms with Gasteiger partial charge in [-0.05, 0) is 36.6 Å². The van der Waals surface area contributed by atoms with Crippen molar-refractivity contribution in [3.05, 3.63) is 28.2 Å². The van der Waals surface area contributed by atoms with Crippen LogP contribution in [0.4, 0.5) is 0 Å². The van der Waals surface area contributed by atoms with E-state index in [4.69, 9.17) is 9.84 Å². The van der Waals surface area contributed by atoms with Gasteiger partial charge < -0.3 is 9.84 Å². The molecule has 0 aliphatic heterocycles. The maximum absolute atomic E-state index is 11.1.